The van der Waals surface area contributed by atoms with Gasteiger partial charge in [-0.25, -0.2) is 0 Å². The zero-order chi connectivity index (χ0) is 14.3. The second kappa shape index (κ2) is 7.85. The Morgan fingerprint density at radius 3 is 2.74 bits per heavy atom. The van der Waals surface area contributed by atoms with E-state index in [9.17, 15) is 4.79 Å². The molecule has 0 aliphatic heterocycles. The van der Waals surface area contributed by atoms with Crippen molar-refractivity contribution in [1.82, 2.24) is 5.32 Å². The Kier molecular flexibility index (Phi) is 6.44. The summed E-state index contributed by atoms with van der Waals surface area (Å²) >= 11 is 1.29. The van der Waals surface area contributed by atoms with Gasteiger partial charge >= 0.3 is 0 Å². The van der Waals surface area contributed by atoms with E-state index >= 15 is 0 Å². The van der Waals surface area contributed by atoms with Gasteiger partial charge in [0.25, 0.3) is 5.91 Å². The van der Waals surface area contributed by atoms with Crippen LogP contribution in [-0.4, -0.2) is 39.3 Å². The number of nitrogen functional groups attached to an aromatic ring is 1. The molecule has 1 rings (SSSR count). The lowest BCUT2D eigenvalue weighted by molar-refractivity contribution is 0.0960. The number of hydrogen-bond donors (Lipinski definition) is 3. The largest absolute Gasteiger partial charge is 0.492 e. The van der Waals surface area contributed by atoms with E-state index in [1.165, 1.54) is 18.4 Å². The van der Waals surface area contributed by atoms with Gasteiger partial charge in [-0.2, -0.15) is 0 Å². The van der Waals surface area contributed by atoms with Crippen molar-refractivity contribution in [3.05, 3.63) is 4.88 Å². The zero-order valence-corrected chi connectivity index (χ0v) is 12.4. The fourth-order valence-corrected chi connectivity index (χ4v) is 2.57. The lowest BCUT2D eigenvalue weighted by Crippen LogP contribution is -2.22. The molecule has 7 heteroatoms. The normalized spacial score (nSPS) is 10.3. The maximum Gasteiger partial charge on any atom is 0.263 e. The highest BCUT2D eigenvalue weighted by atomic mass is 32.1. The zero-order valence-electron chi connectivity index (χ0n) is 11.5. The first kappa shape index (κ1) is 15.6. The topological polar surface area (TPSA) is 85.6 Å². The summed E-state index contributed by atoms with van der Waals surface area (Å²) in [6.45, 7) is 6.27. The van der Waals surface area contributed by atoms with Gasteiger partial charge in [-0.1, -0.05) is 0 Å². The van der Waals surface area contributed by atoms with Gasteiger partial charge in [-0.05, 0) is 13.8 Å². The maximum absolute atomic E-state index is 11.8. The molecule has 0 atom stereocenters. The Hall–Kier alpha value is -1.47. The first-order valence-electron chi connectivity index (χ1n) is 6.21. The van der Waals surface area contributed by atoms with Crippen molar-refractivity contribution in [3.63, 3.8) is 0 Å². The molecule has 0 aliphatic carbocycles. The quantitative estimate of drug-likeness (QED) is 0.631. The van der Waals surface area contributed by atoms with Crippen LogP contribution in [0.2, 0.25) is 0 Å². The number of amides is 1. The number of carbonyl (C=O) groups excluding carboxylic acids is 1. The van der Waals surface area contributed by atoms with Crippen LogP contribution >= 0.6 is 11.3 Å². The van der Waals surface area contributed by atoms with Gasteiger partial charge < -0.3 is 25.8 Å². The van der Waals surface area contributed by atoms with Crippen LogP contribution in [0.15, 0.2) is 0 Å². The van der Waals surface area contributed by atoms with Crippen molar-refractivity contribution in [2.24, 2.45) is 0 Å². The minimum absolute atomic E-state index is 0.179. The van der Waals surface area contributed by atoms with Crippen LogP contribution in [-0.2, 0) is 4.74 Å². The van der Waals surface area contributed by atoms with E-state index in [-0.39, 0.29) is 5.91 Å². The molecule has 108 valence electrons. The molecule has 1 aromatic rings. The Balaban J connectivity index is 2.80. The van der Waals surface area contributed by atoms with Crippen molar-refractivity contribution in [1.29, 1.82) is 0 Å². The number of hydrogen-bond acceptors (Lipinski definition) is 6. The predicted octanol–water partition coefficient (Wildman–Crippen LogP) is 1.54. The summed E-state index contributed by atoms with van der Waals surface area (Å²) in [5.41, 5.74) is 6.30. The molecule has 0 unspecified atom stereocenters. The lowest BCUT2D eigenvalue weighted by atomic mass is 10.3. The Morgan fingerprint density at radius 2 is 2.16 bits per heavy atom. The van der Waals surface area contributed by atoms with Crippen LogP contribution in [0.25, 0.3) is 0 Å². The Labute approximate surface area is 117 Å². The lowest BCUT2D eigenvalue weighted by Gasteiger charge is -2.06. The number of methoxy groups -OCH3 is 1. The molecule has 0 fully saturated rings. The van der Waals surface area contributed by atoms with E-state index in [2.05, 4.69) is 10.6 Å². The second-order valence-corrected chi connectivity index (χ2v) is 4.71. The van der Waals surface area contributed by atoms with Gasteiger partial charge in [0.15, 0.2) is 5.75 Å². The smallest absolute Gasteiger partial charge is 0.263 e. The summed E-state index contributed by atoms with van der Waals surface area (Å²) in [5, 5.41) is 6.64. The summed E-state index contributed by atoms with van der Waals surface area (Å²) in [4.78, 5) is 12.3. The number of ether oxygens (including phenoxy) is 2. The van der Waals surface area contributed by atoms with Gasteiger partial charge in [-0.15, -0.1) is 11.3 Å². The van der Waals surface area contributed by atoms with E-state index in [0.717, 1.165) is 5.00 Å². The third kappa shape index (κ3) is 4.00. The average molecular weight is 287 g/mol. The highest BCUT2D eigenvalue weighted by Crippen LogP contribution is 2.42. The molecule has 0 spiro atoms. The molecule has 6 nitrogen and oxygen atoms in total. The van der Waals surface area contributed by atoms with E-state index in [1.54, 1.807) is 0 Å². The molecular weight excluding hydrogens is 266 g/mol. The van der Waals surface area contributed by atoms with Crippen LogP contribution in [0, 0.1) is 0 Å². The summed E-state index contributed by atoms with van der Waals surface area (Å²) in [7, 11) is 1.54. The average Bonchev–Trinajstić information content (AvgIpc) is 2.71. The fraction of sp³-hybridized carbons (Fsp3) is 0.583. The number of anilines is 2. The van der Waals surface area contributed by atoms with E-state index in [4.69, 9.17) is 15.2 Å². The SMILES string of the molecule is CCNC(=O)c1sc(NCCOCC)c(OC)c1N. The van der Waals surface area contributed by atoms with Crippen molar-refractivity contribution in [3.8, 4) is 5.75 Å². The van der Waals surface area contributed by atoms with Crippen LogP contribution in [0.1, 0.15) is 23.5 Å². The van der Waals surface area contributed by atoms with Gasteiger partial charge in [0.2, 0.25) is 0 Å². The first-order valence-corrected chi connectivity index (χ1v) is 7.03. The predicted molar refractivity (Wildman–Crippen MR) is 78.3 cm³/mol. The fourth-order valence-electron chi connectivity index (χ4n) is 1.54. The molecule has 0 bridgehead atoms. The molecule has 1 heterocycles. The Morgan fingerprint density at radius 1 is 1.42 bits per heavy atom. The number of carbonyl (C=O) groups is 1. The first-order chi connectivity index (χ1) is 9.15. The molecule has 0 radical (unpaired) electrons. The number of nitrogens with two attached hydrogens (primary N) is 1. The summed E-state index contributed by atoms with van der Waals surface area (Å²) in [6, 6.07) is 0. The summed E-state index contributed by atoms with van der Waals surface area (Å²) in [5.74, 6) is 0.337. The molecule has 0 saturated carbocycles. The minimum Gasteiger partial charge on any atom is -0.492 e. The maximum atomic E-state index is 11.8. The van der Waals surface area contributed by atoms with Crippen molar-refractivity contribution >= 4 is 27.9 Å². The monoisotopic (exact) mass is 287 g/mol. The van der Waals surface area contributed by atoms with Crippen molar-refractivity contribution in [2.75, 3.05) is 44.5 Å². The molecule has 19 heavy (non-hydrogen) atoms. The third-order valence-corrected chi connectivity index (χ3v) is 3.53. The number of nitrogens with one attached hydrogen (secondary N) is 2. The summed E-state index contributed by atoms with van der Waals surface area (Å²) in [6.07, 6.45) is 0. The van der Waals surface area contributed by atoms with Gasteiger partial charge in [0.05, 0.1) is 13.7 Å². The second-order valence-electron chi connectivity index (χ2n) is 3.69. The molecule has 1 aromatic heterocycles. The van der Waals surface area contributed by atoms with E-state index < -0.39 is 0 Å². The summed E-state index contributed by atoms with van der Waals surface area (Å²) < 4.78 is 10.5. The van der Waals surface area contributed by atoms with Gasteiger partial charge in [-0.3, -0.25) is 4.79 Å². The van der Waals surface area contributed by atoms with Crippen LogP contribution in [0.5, 0.6) is 5.75 Å². The Bertz CT molecular complexity index is 421. The molecule has 0 aliphatic rings. The third-order valence-electron chi connectivity index (χ3n) is 2.38. The molecule has 0 saturated heterocycles. The highest BCUT2D eigenvalue weighted by Gasteiger charge is 2.21. The molecule has 1 amide bonds. The molecule has 0 aromatic carbocycles. The number of thiophene rings is 1. The van der Waals surface area contributed by atoms with Gasteiger partial charge in [0.1, 0.15) is 15.6 Å². The van der Waals surface area contributed by atoms with Crippen molar-refractivity contribution in [2.45, 2.75) is 13.8 Å². The highest BCUT2D eigenvalue weighted by molar-refractivity contribution is 7.19. The van der Waals surface area contributed by atoms with Gasteiger partial charge in [0, 0.05) is 19.7 Å². The molecule has 4 N–H and O–H groups in total. The van der Waals surface area contributed by atoms with Crippen LogP contribution in [0.4, 0.5) is 10.7 Å². The van der Waals surface area contributed by atoms with Crippen LogP contribution in [0.3, 0.4) is 0 Å². The standard InChI is InChI=1S/C12H21N3O3S/c1-4-14-11(16)10-8(13)9(17-3)12(19-10)15-6-7-18-5-2/h15H,4-7,13H2,1-3H3,(H,14,16). The molecular formula is C12H21N3O3S. The number of rotatable bonds is 8. The van der Waals surface area contributed by atoms with E-state index in [1.807, 2.05) is 13.8 Å². The van der Waals surface area contributed by atoms with Crippen molar-refractivity contribution < 1.29 is 14.3 Å². The van der Waals surface area contributed by atoms with E-state index in [0.29, 0.717) is 42.6 Å². The minimum atomic E-state index is -0.179. The van der Waals surface area contributed by atoms with Crippen LogP contribution < -0.4 is 21.1 Å².